The van der Waals surface area contributed by atoms with E-state index in [0.717, 1.165) is 43.1 Å². The molecule has 0 spiro atoms. The summed E-state index contributed by atoms with van der Waals surface area (Å²) in [5.41, 5.74) is 2.14. The molecule has 1 fully saturated rings. The van der Waals surface area contributed by atoms with Gasteiger partial charge in [-0.1, -0.05) is 48.9 Å². The molecule has 1 aliphatic rings. The van der Waals surface area contributed by atoms with Gasteiger partial charge in [0.25, 0.3) is 0 Å². The van der Waals surface area contributed by atoms with Gasteiger partial charge in [0, 0.05) is 24.6 Å². The fraction of sp³-hybridized carbons (Fsp3) is 0.444. The Labute approximate surface area is 142 Å². The van der Waals surface area contributed by atoms with Crippen molar-refractivity contribution in [1.29, 1.82) is 0 Å². The molecular weight excluding hydrogens is 310 g/mol. The van der Waals surface area contributed by atoms with Gasteiger partial charge < -0.3 is 10.1 Å². The molecule has 23 heavy (non-hydrogen) atoms. The Morgan fingerprint density at radius 1 is 1.26 bits per heavy atom. The lowest BCUT2D eigenvalue weighted by Gasteiger charge is -2.31. The van der Waals surface area contributed by atoms with Gasteiger partial charge in [-0.3, -0.25) is 0 Å². The van der Waals surface area contributed by atoms with Gasteiger partial charge in [0.2, 0.25) is 0 Å². The largest absolute Gasteiger partial charge is 0.373 e. The van der Waals surface area contributed by atoms with Crippen LogP contribution >= 0.6 is 11.6 Å². The third-order valence-corrected chi connectivity index (χ3v) is 4.61. The van der Waals surface area contributed by atoms with Gasteiger partial charge in [0.1, 0.15) is 16.8 Å². The Hall–Kier alpha value is -1.65. The molecule has 4 nitrogen and oxygen atoms in total. The molecule has 1 aromatic carbocycles. The van der Waals surface area contributed by atoms with E-state index in [2.05, 4.69) is 39.6 Å². The van der Waals surface area contributed by atoms with Gasteiger partial charge in [-0.25, -0.2) is 9.97 Å². The monoisotopic (exact) mass is 331 g/mol. The van der Waals surface area contributed by atoms with Gasteiger partial charge >= 0.3 is 0 Å². The van der Waals surface area contributed by atoms with Crippen LogP contribution in [0.15, 0.2) is 30.3 Å². The van der Waals surface area contributed by atoms with E-state index < -0.39 is 0 Å². The van der Waals surface area contributed by atoms with E-state index in [0.29, 0.717) is 11.2 Å². The van der Waals surface area contributed by atoms with Crippen molar-refractivity contribution in [3.05, 3.63) is 52.4 Å². The van der Waals surface area contributed by atoms with Crippen LogP contribution in [0.25, 0.3) is 0 Å². The number of hydrogen-bond donors (Lipinski definition) is 1. The summed E-state index contributed by atoms with van der Waals surface area (Å²) in [4.78, 5) is 8.89. The number of aromatic nitrogens is 2. The number of halogens is 1. The Morgan fingerprint density at radius 3 is 2.78 bits per heavy atom. The predicted molar refractivity (Wildman–Crippen MR) is 92.9 cm³/mol. The van der Waals surface area contributed by atoms with Crippen LogP contribution < -0.4 is 5.32 Å². The first kappa shape index (κ1) is 16.2. The summed E-state index contributed by atoms with van der Waals surface area (Å²) in [7, 11) is 0. The quantitative estimate of drug-likeness (QED) is 0.847. The minimum Gasteiger partial charge on any atom is -0.373 e. The number of hydrogen-bond acceptors (Lipinski definition) is 4. The van der Waals surface area contributed by atoms with Gasteiger partial charge in [-0.2, -0.15) is 0 Å². The minimum atomic E-state index is 0.130. The number of anilines is 1. The van der Waals surface area contributed by atoms with Crippen LogP contribution in [-0.4, -0.2) is 22.6 Å². The average Bonchev–Trinajstić information content (AvgIpc) is 2.60. The van der Waals surface area contributed by atoms with Crippen LogP contribution in [0.3, 0.4) is 0 Å². The summed E-state index contributed by atoms with van der Waals surface area (Å²) >= 11 is 6.22. The maximum atomic E-state index is 6.22. The van der Waals surface area contributed by atoms with Crippen molar-refractivity contribution in [2.75, 3.05) is 11.9 Å². The zero-order valence-electron chi connectivity index (χ0n) is 13.6. The molecule has 0 aliphatic carbocycles. The molecule has 0 radical (unpaired) electrons. The van der Waals surface area contributed by atoms with E-state index >= 15 is 0 Å². The fourth-order valence-electron chi connectivity index (χ4n) is 2.85. The Balaban J connectivity index is 1.74. The standard InChI is InChI=1S/C18H22ClN3O/c1-3-16-21-17(19)12(2)18(22-16)20-14-9-10-23-15(11-14)13-7-5-4-6-8-13/h4-8,14-15H,3,9-11H2,1-2H3,(H,20,21,22). The summed E-state index contributed by atoms with van der Waals surface area (Å²) in [5, 5.41) is 4.08. The van der Waals surface area contributed by atoms with Crippen molar-refractivity contribution in [1.82, 2.24) is 9.97 Å². The zero-order valence-corrected chi connectivity index (χ0v) is 14.3. The summed E-state index contributed by atoms with van der Waals surface area (Å²) < 4.78 is 5.93. The fourth-order valence-corrected chi connectivity index (χ4v) is 3.04. The first-order valence-corrected chi connectivity index (χ1v) is 8.51. The van der Waals surface area contributed by atoms with Gasteiger partial charge in [0.15, 0.2) is 0 Å². The molecule has 1 N–H and O–H groups in total. The van der Waals surface area contributed by atoms with Crippen LogP contribution in [0, 0.1) is 6.92 Å². The smallest absolute Gasteiger partial charge is 0.137 e. The first-order valence-electron chi connectivity index (χ1n) is 8.13. The van der Waals surface area contributed by atoms with Crippen molar-refractivity contribution in [2.24, 2.45) is 0 Å². The van der Waals surface area contributed by atoms with Gasteiger partial charge in [-0.05, 0) is 25.3 Å². The molecule has 2 aromatic rings. The minimum absolute atomic E-state index is 0.130. The molecule has 3 rings (SSSR count). The van der Waals surface area contributed by atoms with Crippen molar-refractivity contribution in [3.63, 3.8) is 0 Å². The van der Waals surface area contributed by atoms with Crippen LogP contribution in [0.2, 0.25) is 5.15 Å². The zero-order chi connectivity index (χ0) is 16.2. The topological polar surface area (TPSA) is 47.0 Å². The first-order chi connectivity index (χ1) is 11.2. The van der Waals surface area contributed by atoms with E-state index in [-0.39, 0.29) is 6.10 Å². The molecule has 2 atom stereocenters. The number of aryl methyl sites for hydroxylation is 1. The highest BCUT2D eigenvalue weighted by molar-refractivity contribution is 6.30. The average molecular weight is 332 g/mol. The summed E-state index contributed by atoms with van der Waals surface area (Å²) in [6, 6.07) is 10.7. The maximum Gasteiger partial charge on any atom is 0.137 e. The third-order valence-electron chi connectivity index (χ3n) is 4.25. The SMILES string of the molecule is CCc1nc(Cl)c(C)c(NC2CCOC(c3ccccc3)C2)n1. The second-order valence-corrected chi connectivity index (χ2v) is 6.25. The van der Waals surface area contributed by atoms with Crippen LogP contribution in [0.1, 0.15) is 42.8 Å². The van der Waals surface area contributed by atoms with Crippen molar-refractivity contribution < 1.29 is 4.74 Å². The molecule has 122 valence electrons. The van der Waals surface area contributed by atoms with Crippen molar-refractivity contribution >= 4 is 17.4 Å². The predicted octanol–water partition coefficient (Wildman–Crippen LogP) is 4.33. The lowest BCUT2D eigenvalue weighted by Crippen LogP contribution is -2.31. The van der Waals surface area contributed by atoms with E-state index in [1.54, 1.807) is 0 Å². The molecule has 2 unspecified atom stereocenters. The normalized spacial score (nSPS) is 21.2. The number of ether oxygens (including phenoxy) is 1. The molecule has 0 amide bonds. The van der Waals surface area contributed by atoms with Crippen LogP contribution in [0.5, 0.6) is 0 Å². The third kappa shape index (κ3) is 3.82. The van der Waals surface area contributed by atoms with E-state index in [4.69, 9.17) is 16.3 Å². The van der Waals surface area contributed by atoms with E-state index in [9.17, 15) is 0 Å². The molecule has 0 saturated carbocycles. The van der Waals surface area contributed by atoms with Crippen molar-refractivity contribution in [2.45, 2.75) is 45.3 Å². The van der Waals surface area contributed by atoms with Crippen molar-refractivity contribution in [3.8, 4) is 0 Å². The lowest BCUT2D eigenvalue weighted by molar-refractivity contribution is 0.00973. The number of nitrogens with zero attached hydrogens (tertiary/aromatic N) is 2. The second-order valence-electron chi connectivity index (χ2n) is 5.89. The van der Waals surface area contributed by atoms with Crippen LogP contribution in [0.4, 0.5) is 5.82 Å². The molecule has 0 bridgehead atoms. The highest BCUT2D eigenvalue weighted by Crippen LogP contribution is 2.30. The Bertz CT molecular complexity index is 663. The summed E-state index contributed by atoms with van der Waals surface area (Å²) in [5.74, 6) is 1.62. The summed E-state index contributed by atoms with van der Waals surface area (Å²) in [6.07, 6.45) is 2.79. The highest BCUT2D eigenvalue weighted by Gasteiger charge is 2.24. The second kappa shape index (κ2) is 7.28. The molecular formula is C18H22ClN3O. The highest BCUT2D eigenvalue weighted by atomic mass is 35.5. The number of benzene rings is 1. The summed E-state index contributed by atoms with van der Waals surface area (Å²) in [6.45, 7) is 4.73. The van der Waals surface area contributed by atoms with Gasteiger partial charge in [-0.15, -0.1) is 0 Å². The number of nitrogens with one attached hydrogen (secondary N) is 1. The molecule has 5 heteroatoms. The number of rotatable bonds is 4. The van der Waals surface area contributed by atoms with E-state index in [1.807, 2.05) is 19.9 Å². The maximum absolute atomic E-state index is 6.22. The van der Waals surface area contributed by atoms with E-state index in [1.165, 1.54) is 5.56 Å². The molecule has 1 saturated heterocycles. The van der Waals surface area contributed by atoms with Gasteiger partial charge in [0.05, 0.1) is 6.10 Å². The Kier molecular flexibility index (Phi) is 5.13. The van der Waals surface area contributed by atoms with Crippen LogP contribution in [-0.2, 0) is 11.2 Å². The molecule has 1 aromatic heterocycles. The lowest BCUT2D eigenvalue weighted by atomic mass is 9.97. The molecule has 1 aliphatic heterocycles. The Morgan fingerprint density at radius 2 is 2.04 bits per heavy atom. The molecule has 2 heterocycles.